The summed E-state index contributed by atoms with van der Waals surface area (Å²) in [5, 5.41) is 3.30. The van der Waals surface area contributed by atoms with E-state index < -0.39 is 0 Å². The van der Waals surface area contributed by atoms with Crippen LogP contribution in [0.5, 0.6) is 5.75 Å². The van der Waals surface area contributed by atoms with Crippen molar-refractivity contribution in [2.45, 2.75) is 20.3 Å². The lowest BCUT2D eigenvalue weighted by atomic mass is 9.92. The third kappa shape index (κ3) is 2.15. The highest BCUT2D eigenvalue weighted by atomic mass is 16.5. The van der Waals surface area contributed by atoms with Crippen molar-refractivity contribution < 1.29 is 4.74 Å². The minimum atomic E-state index is 0.793. The Morgan fingerprint density at radius 2 is 1.93 bits per heavy atom. The van der Waals surface area contributed by atoms with Crippen molar-refractivity contribution in [1.82, 2.24) is 5.32 Å². The quantitative estimate of drug-likeness (QED) is 0.815. The van der Waals surface area contributed by atoms with E-state index in [-0.39, 0.29) is 0 Å². The van der Waals surface area contributed by atoms with Gasteiger partial charge in [-0.1, -0.05) is 6.07 Å². The smallest absolute Gasteiger partial charge is 0.122 e. The zero-order valence-electron chi connectivity index (χ0n) is 9.76. The van der Waals surface area contributed by atoms with E-state index >= 15 is 0 Å². The van der Waals surface area contributed by atoms with Crippen LogP contribution in [0.1, 0.15) is 16.7 Å². The Hall–Kier alpha value is -1.02. The standard InChI is InChI=1S/C13H19NO/c1-9-4-12(6-11-7-14-8-11)13(15-3)5-10(9)2/h4-5,11,14H,6-8H2,1-3H3. The molecule has 1 aliphatic rings. The second-order valence-electron chi connectivity index (χ2n) is 4.48. The molecule has 0 atom stereocenters. The molecule has 1 saturated heterocycles. The van der Waals surface area contributed by atoms with Gasteiger partial charge in [-0.05, 0) is 62.0 Å². The Bertz CT molecular complexity index is 356. The Morgan fingerprint density at radius 3 is 2.47 bits per heavy atom. The maximum absolute atomic E-state index is 5.43. The summed E-state index contributed by atoms with van der Waals surface area (Å²) >= 11 is 0. The summed E-state index contributed by atoms with van der Waals surface area (Å²) in [6.45, 7) is 6.59. The summed E-state index contributed by atoms with van der Waals surface area (Å²) in [6, 6.07) is 4.42. The predicted molar refractivity (Wildman–Crippen MR) is 62.5 cm³/mol. The molecule has 0 amide bonds. The van der Waals surface area contributed by atoms with Crippen molar-refractivity contribution in [3.8, 4) is 5.75 Å². The molecule has 0 radical (unpaired) electrons. The van der Waals surface area contributed by atoms with Crippen molar-refractivity contribution in [3.63, 3.8) is 0 Å². The molecule has 1 heterocycles. The van der Waals surface area contributed by atoms with Crippen molar-refractivity contribution in [1.29, 1.82) is 0 Å². The fourth-order valence-electron chi connectivity index (χ4n) is 2.00. The zero-order chi connectivity index (χ0) is 10.8. The van der Waals surface area contributed by atoms with Gasteiger partial charge in [0.15, 0.2) is 0 Å². The predicted octanol–water partition coefficient (Wildman–Crippen LogP) is 2.07. The fraction of sp³-hybridized carbons (Fsp3) is 0.538. The first kappa shape index (κ1) is 10.5. The van der Waals surface area contributed by atoms with Gasteiger partial charge in [-0.3, -0.25) is 0 Å². The average Bonchev–Trinajstić information content (AvgIpc) is 2.16. The minimum absolute atomic E-state index is 0.793. The molecule has 1 aromatic carbocycles. The number of hydrogen-bond donors (Lipinski definition) is 1. The second-order valence-corrected chi connectivity index (χ2v) is 4.48. The van der Waals surface area contributed by atoms with Crippen LogP contribution in [-0.2, 0) is 6.42 Å². The van der Waals surface area contributed by atoms with Crippen LogP contribution >= 0.6 is 0 Å². The van der Waals surface area contributed by atoms with E-state index in [9.17, 15) is 0 Å². The molecule has 0 saturated carbocycles. The summed E-state index contributed by atoms with van der Waals surface area (Å²) in [7, 11) is 1.76. The molecular formula is C13H19NO. The molecule has 2 nitrogen and oxygen atoms in total. The second kappa shape index (κ2) is 4.23. The number of ether oxygens (including phenoxy) is 1. The van der Waals surface area contributed by atoms with E-state index in [0.717, 1.165) is 31.2 Å². The number of rotatable bonds is 3. The van der Waals surface area contributed by atoms with Gasteiger partial charge in [-0.25, -0.2) is 0 Å². The highest BCUT2D eigenvalue weighted by molar-refractivity contribution is 5.42. The lowest BCUT2D eigenvalue weighted by Crippen LogP contribution is -2.43. The average molecular weight is 205 g/mol. The van der Waals surface area contributed by atoms with Crippen molar-refractivity contribution in [2.24, 2.45) is 5.92 Å². The maximum atomic E-state index is 5.43. The largest absolute Gasteiger partial charge is 0.496 e. The summed E-state index contributed by atoms with van der Waals surface area (Å²) in [6.07, 6.45) is 1.14. The first-order chi connectivity index (χ1) is 7.20. The topological polar surface area (TPSA) is 21.3 Å². The Kier molecular flexibility index (Phi) is 2.96. The SMILES string of the molecule is COc1cc(C)c(C)cc1CC1CNC1. The van der Waals surface area contributed by atoms with Crippen LogP contribution in [0.15, 0.2) is 12.1 Å². The lowest BCUT2D eigenvalue weighted by Gasteiger charge is -2.28. The van der Waals surface area contributed by atoms with Crippen LogP contribution in [0, 0.1) is 19.8 Å². The number of aryl methyl sites for hydroxylation is 2. The van der Waals surface area contributed by atoms with Gasteiger partial charge < -0.3 is 10.1 Å². The molecule has 15 heavy (non-hydrogen) atoms. The molecule has 0 unspecified atom stereocenters. The van der Waals surface area contributed by atoms with Gasteiger partial charge in [0.25, 0.3) is 0 Å². The molecule has 0 bridgehead atoms. The van der Waals surface area contributed by atoms with Gasteiger partial charge in [-0.2, -0.15) is 0 Å². The molecule has 0 spiro atoms. The summed E-state index contributed by atoms with van der Waals surface area (Å²) < 4.78 is 5.43. The molecule has 0 aromatic heterocycles. The third-order valence-corrected chi connectivity index (χ3v) is 3.27. The Morgan fingerprint density at radius 1 is 1.27 bits per heavy atom. The van der Waals surface area contributed by atoms with Gasteiger partial charge in [-0.15, -0.1) is 0 Å². The first-order valence-electron chi connectivity index (χ1n) is 5.55. The van der Waals surface area contributed by atoms with Crippen LogP contribution in [-0.4, -0.2) is 20.2 Å². The van der Waals surface area contributed by atoms with Crippen molar-refractivity contribution in [2.75, 3.05) is 20.2 Å². The van der Waals surface area contributed by atoms with Gasteiger partial charge in [0.1, 0.15) is 5.75 Å². The van der Waals surface area contributed by atoms with Gasteiger partial charge in [0.2, 0.25) is 0 Å². The molecule has 0 aliphatic carbocycles. The van der Waals surface area contributed by atoms with Crippen LogP contribution < -0.4 is 10.1 Å². The highest BCUT2D eigenvalue weighted by Gasteiger charge is 2.19. The molecule has 2 rings (SSSR count). The minimum Gasteiger partial charge on any atom is -0.496 e. The van der Waals surface area contributed by atoms with Crippen LogP contribution in [0.25, 0.3) is 0 Å². The number of methoxy groups -OCH3 is 1. The summed E-state index contributed by atoms with van der Waals surface area (Å²) in [5.41, 5.74) is 4.02. The summed E-state index contributed by atoms with van der Waals surface area (Å²) in [4.78, 5) is 0. The van der Waals surface area contributed by atoms with Gasteiger partial charge in [0.05, 0.1) is 7.11 Å². The van der Waals surface area contributed by atoms with E-state index in [0.29, 0.717) is 0 Å². The monoisotopic (exact) mass is 205 g/mol. The fourth-order valence-corrected chi connectivity index (χ4v) is 2.00. The maximum Gasteiger partial charge on any atom is 0.122 e. The van der Waals surface area contributed by atoms with Crippen LogP contribution in [0.3, 0.4) is 0 Å². The Labute approximate surface area is 91.6 Å². The molecule has 82 valence electrons. The van der Waals surface area contributed by atoms with E-state index in [1.165, 1.54) is 16.7 Å². The number of hydrogen-bond acceptors (Lipinski definition) is 2. The van der Waals surface area contributed by atoms with Crippen LogP contribution in [0.4, 0.5) is 0 Å². The van der Waals surface area contributed by atoms with E-state index in [2.05, 4.69) is 31.3 Å². The van der Waals surface area contributed by atoms with Gasteiger partial charge >= 0.3 is 0 Å². The molecule has 1 fully saturated rings. The molecule has 2 heteroatoms. The molecule has 1 N–H and O–H groups in total. The normalized spacial score (nSPS) is 16.2. The number of benzene rings is 1. The Balaban J connectivity index is 2.23. The lowest BCUT2D eigenvalue weighted by molar-refractivity contribution is 0.338. The zero-order valence-corrected chi connectivity index (χ0v) is 9.76. The summed E-state index contributed by atoms with van der Waals surface area (Å²) in [5.74, 6) is 1.84. The van der Waals surface area contributed by atoms with Gasteiger partial charge in [0, 0.05) is 0 Å². The number of nitrogens with one attached hydrogen (secondary N) is 1. The van der Waals surface area contributed by atoms with Crippen molar-refractivity contribution in [3.05, 3.63) is 28.8 Å². The highest BCUT2D eigenvalue weighted by Crippen LogP contribution is 2.26. The first-order valence-corrected chi connectivity index (χ1v) is 5.55. The van der Waals surface area contributed by atoms with E-state index in [1.54, 1.807) is 7.11 Å². The molecule has 1 aromatic rings. The van der Waals surface area contributed by atoms with Crippen molar-refractivity contribution >= 4 is 0 Å². The third-order valence-electron chi connectivity index (χ3n) is 3.27. The van der Waals surface area contributed by atoms with E-state index in [4.69, 9.17) is 4.74 Å². The molecule has 1 aliphatic heterocycles. The van der Waals surface area contributed by atoms with E-state index in [1.807, 2.05) is 0 Å². The molecular weight excluding hydrogens is 186 g/mol. The van der Waals surface area contributed by atoms with Crippen LogP contribution in [0.2, 0.25) is 0 Å².